The molecule has 0 aliphatic rings. The Hall–Kier alpha value is -2.92. The fourth-order valence-electron chi connectivity index (χ4n) is 2.82. The fourth-order valence-corrected chi connectivity index (χ4v) is 3.42. The number of furan rings is 1. The van der Waals surface area contributed by atoms with E-state index < -0.39 is 0 Å². The third kappa shape index (κ3) is 3.13. The summed E-state index contributed by atoms with van der Waals surface area (Å²) in [5.74, 6) is 0.433. The molecule has 5 heteroatoms. The van der Waals surface area contributed by atoms with Crippen LogP contribution >= 0.6 is 15.9 Å². The maximum atomic E-state index is 13.0. The standard InChI is InChI=1S/C21H15BrN2O2/c1-13-8-9-18(16(22)11-13)24-21(25)15-12-19(20-7-4-10-26-20)23-17-6-3-2-5-14(15)17/h2-12H,1H3,(H,24,25). The number of nitrogens with zero attached hydrogens (tertiary/aromatic N) is 1. The number of nitrogens with one attached hydrogen (secondary N) is 1. The van der Waals surface area contributed by atoms with E-state index in [4.69, 9.17) is 4.42 Å². The maximum Gasteiger partial charge on any atom is 0.256 e. The smallest absolute Gasteiger partial charge is 0.256 e. The first-order chi connectivity index (χ1) is 12.6. The number of amides is 1. The molecule has 2 heterocycles. The average molecular weight is 407 g/mol. The van der Waals surface area contributed by atoms with Gasteiger partial charge in [0.25, 0.3) is 5.91 Å². The highest BCUT2D eigenvalue weighted by molar-refractivity contribution is 9.10. The van der Waals surface area contributed by atoms with Crippen molar-refractivity contribution in [3.05, 3.63) is 82.5 Å². The van der Waals surface area contributed by atoms with Crippen molar-refractivity contribution < 1.29 is 9.21 Å². The number of hydrogen-bond donors (Lipinski definition) is 1. The first-order valence-corrected chi connectivity index (χ1v) is 8.92. The van der Waals surface area contributed by atoms with Gasteiger partial charge in [-0.05, 0) is 64.8 Å². The van der Waals surface area contributed by atoms with E-state index in [1.807, 2.05) is 55.5 Å². The Kier molecular flexibility index (Phi) is 4.31. The Balaban J connectivity index is 1.80. The zero-order valence-electron chi connectivity index (χ0n) is 14.0. The third-order valence-electron chi connectivity index (χ3n) is 4.11. The molecular formula is C21H15BrN2O2. The molecule has 0 radical (unpaired) electrons. The van der Waals surface area contributed by atoms with Crippen LogP contribution in [0.1, 0.15) is 15.9 Å². The summed E-state index contributed by atoms with van der Waals surface area (Å²) in [7, 11) is 0. The molecule has 4 rings (SSSR count). The SMILES string of the molecule is Cc1ccc(NC(=O)c2cc(-c3ccco3)nc3ccccc23)c(Br)c1. The molecule has 4 aromatic rings. The lowest BCUT2D eigenvalue weighted by Crippen LogP contribution is -2.13. The van der Waals surface area contributed by atoms with E-state index in [9.17, 15) is 4.79 Å². The predicted molar refractivity (Wildman–Crippen MR) is 106 cm³/mol. The van der Waals surface area contributed by atoms with Gasteiger partial charge in [0.1, 0.15) is 5.69 Å². The Morgan fingerprint density at radius 3 is 2.69 bits per heavy atom. The highest BCUT2D eigenvalue weighted by Crippen LogP contribution is 2.28. The second-order valence-electron chi connectivity index (χ2n) is 5.99. The highest BCUT2D eigenvalue weighted by Gasteiger charge is 2.16. The summed E-state index contributed by atoms with van der Waals surface area (Å²) in [5, 5.41) is 3.77. The number of benzene rings is 2. The van der Waals surface area contributed by atoms with Crippen molar-refractivity contribution in [1.82, 2.24) is 4.98 Å². The minimum Gasteiger partial charge on any atom is -0.463 e. The predicted octanol–water partition coefficient (Wildman–Crippen LogP) is 5.82. The molecule has 0 spiro atoms. The monoisotopic (exact) mass is 406 g/mol. The van der Waals surface area contributed by atoms with Crippen LogP contribution in [0.25, 0.3) is 22.4 Å². The molecule has 1 N–H and O–H groups in total. The van der Waals surface area contributed by atoms with Crippen molar-refractivity contribution in [3.63, 3.8) is 0 Å². The summed E-state index contributed by atoms with van der Waals surface area (Å²) in [4.78, 5) is 17.6. The lowest BCUT2D eigenvalue weighted by molar-refractivity contribution is 0.102. The van der Waals surface area contributed by atoms with Crippen LogP contribution in [0, 0.1) is 6.92 Å². The zero-order chi connectivity index (χ0) is 18.1. The molecule has 128 valence electrons. The molecule has 0 unspecified atom stereocenters. The molecule has 2 aromatic carbocycles. The van der Waals surface area contributed by atoms with Gasteiger partial charge in [0, 0.05) is 9.86 Å². The quantitative estimate of drug-likeness (QED) is 0.466. The molecule has 26 heavy (non-hydrogen) atoms. The van der Waals surface area contributed by atoms with Crippen LogP contribution in [0.4, 0.5) is 5.69 Å². The minimum absolute atomic E-state index is 0.194. The molecule has 4 nitrogen and oxygen atoms in total. The summed E-state index contributed by atoms with van der Waals surface area (Å²) >= 11 is 3.50. The van der Waals surface area contributed by atoms with Crippen molar-refractivity contribution >= 4 is 38.4 Å². The van der Waals surface area contributed by atoms with Crippen molar-refractivity contribution in [2.24, 2.45) is 0 Å². The van der Waals surface area contributed by atoms with Gasteiger partial charge >= 0.3 is 0 Å². The van der Waals surface area contributed by atoms with Crippen molar-refractivity contribution in [2.45, 2.75) is 6.92 Å². The summed E-state index contributed by atoms with van der Waals surface area (Å²) in [6.45, 7) is 2.00. The molecule has 0 fully saturated rings. The van der Waals surface area contributed by atoms with E-state index in [-0.39, 0.29) is 5.91 Å². The van der Waals surface area contributed by atoms with Crippen LogP contribution in [0.2, 0.25) is 0 Å². The summed E-state index contributed by atoms with van der Waals surface area (Å²) in [5.41, 5.74) is 3.76. The van der Waals surface area contributed by atoms with Crippen molar-refractivity contribution in [2.75, 3.05) is 5.32 Å². The van der Waals surface area contributed by atoms with E-state index in [0.717, 1.165) is 26.6 Å². The minimum atomic E-state index is -0.194. The Morgan fingerprint density at radius 2 is 1.92 bits per heavy atom. The number of fused-ring (bicyclic) bond motifs is 1. The number of anilines is 1. The maximum absolute atomic E-state index is 13.0. The molecule has 1 amide bonds. The lowest BCUT2D eigenvalue weighted by atomic mass is 10.1. The van der Waals surface area contributed by atoms with Gasteiger partial charge in [-0.2, -0.15) is 0 Å². The van der Waals surface area contributed by atoms with E-state index in [0.29, 0.717) is 17.0 Å². The van der Waals surface area contributed by atoms with Gasteiger partial charge in [0.15, 0.2) is 5.76 Å². The van der Waals surface area contributed by atoms with Crippen LogP contribution < -0.4 is 5.32 Å². The number of aromatic nitrogens is 1. The summed E-state index contributed by atoms with van der Waals surface area (Å²) < 4.78 is 6.30. The lowest BCUT2D eigenvalue weighted by Gasteiger charge is -2.11. The average Bonchev–Trinajstić information content (AvgIpc) is 3.18. The normalized spacial score (nSPS) is 10.8. The van der Waals surface area contributed by atoms with E-state index in [1.54, 1.807) is 18.4 Å². The van der Waals surface area contributed by atoms with Crippen LogP contribution in [-0.2, 0) is 0 Å². The fraction of sp³-hybridized carbons (Fsp3) is 0.0476. The Labute approximate surface area is 159 Å². The number of hydrogen-bond acceptors (Lipinski definition) is 3. The van der Waals surface area contributed by atoms with Gasteiger partial charge in [-0.25, -0.2) is 4.98 Å². The molecule has 0 saturated heterocycles. The topological polar surface area (TPSA) is 55.1 Å². The molecule has 0 bridgehead atoms. The van der Waals surface area contributed by atoms with Crippen LogP contribution in [0.15, 0.2) is 75.8 Å². The second kappa shape index (κ2) is 6.77. The third-order valence-corrected chi connectivity index (χ3v) is 4.76. The first-order valence-electron chi connectivity index (χ1n) is 8.13. The van der Waals surface area contributed by atoms with Gasteiger partial charge in [0.05, 0.1) is 23.0 Å². The number of pyridine rings is 1. The van der Waals surface area contributed by atoms with Crippen LogP contribution in [0.3, 0.4) is 0 Å². The van der Waals surface area contributed by atoms with E-state index in [1.165, 1.54) is 0 Å². The largest absolute Gasteiger partial charge is 0.463 e. The number of rotatable bonds is 3. The van der Waals surface area contributed by atoms with Crippen molar-refractivity contribution in [1.29, 1.82) is 0 Å². The number of carbonyl (C=O) groups is 1. The number of carbonyl (C=O) groups excluding carboxylic acids is 1. The van der Waals surface area contributed by atoms with Crippen molar-refractivity contribution in [3.8, 4) is 11.5 Å². The molecular weight excluding hydrogens is 392 g/mol. The van der Waals surface area contributed by atoms with Gasteiger partial charge in [-0.3, -0.25) is 4.79 Å². The first kappa shape index (κ1) is 16.5. The molecule has 2 aromatic heterocycles. The van der Waals surface area contributed by atoms with E-state index >= 15 is 0 Å². The van der Waals surface area contributed by atoms with Crippen LogP contribution in [0.5, 0.6) is 0 Å². The summed E-state index contributed by atoms with van der Waals surface area (Å²) in [6.07, 6.45) is 1.59. The molecule has 0 saturated carbocycles. The Morgan fingerprint density at radius 1 is 1.08 bits per heavy atom. The molecule has 0 aliphatic heterocycles. The highest BCUT2D eigenvalue weighted by atomic mass is 79.9. The Bertz CT molecular complexity index is 1100. The van der Waals surface area contributed by atoms with E-state index in [2.05, 4.69) is 26.2 Å². The number of halogens is 1. The van der Waals surface area contributed by atoms with Gasteiger partial charge in [-0.1, -0.05) is 24.3 Å². The number of para-hydroxylation sites is 1. The van der Waals surface area contributed by atoms with Gasteiger partial charge in [0.2, 0.25) is 0 Å². The molecule has 0 atom stereocenters. The summed E-state index contributed by atoms with van der Waals surface area (Å²) in [6, 6.07) is 18.8. The molecule has 0 aliphatic carbocycles. The van der Waals surface area contributed by atoms with Crippen LogP contribution in [-0.4, -0.2) is 10.9 Å². The number of aryl methyl sites for hydroxylation is 1. The zero-order valence-corrected chi connectivity index (χ0v) is 15.6. The van der Waals surface area contributed by atoms with Gasteiger partial charge in [-0.15, -0.1) is 0 Å². The second-order valence-corrected chi connectivity index (χ2v) is 6.84. The van der Waals surface area contributed by atoms with Gasteiger partial charge < -0.3 is 9.73 Å².